The van der Waals surface area contributed by atoms with E-state index in [4.69, 9.17) is 9.47 Å². The molecule has 1 aliphatic rings. The van der Waals surface area contributed by atoms with Gasteiger partial charge in [0.2, 0.25) is 5.91 Å². The fraction of sp³-hybridized carbons (Fsp3) is 0.588. The maximum atomic E-state index is 12.5. The molecule has 23 heavy (non-hydrogen) atoms. The van der Waals surface area contributed by atoms with Gasteiger partial charge in [-0.25, -0.2) is 0 Å². The Bertz CT molecular complexity index is 501. The van der Waals surface area contributed by atoms with Gasteiger partial charge in [-0.2, -0.15) is 0 Å². The fourth-order valence-corrected chi connectivity index (χ4v) is 2.59. The Labute approximate surface area is 136 Å². The molecule has 0 unspecified atom stereocenters. The van der Waals surface area contributed by atoms with E-state index in [1.807, 2.05) is 12.1 Å². The maximum absolute atomic E-state index is 12.5. The van der Waals surface area contributed by atoms with E-state index in [-0.39, 0.29) is 24.4 Å². The zero-order chi connectivity index (χ0) is 16.5. The number of pyridine rings is 1. The number of carbonyl (C=O) groups excluding carboxylic acids is 2. The molecule has 0 spiro atoms. The summed E-state index contributed by atoms with van der Waals surface area (Å²) < 4.78 is 10.5. The summed E-state index contributed by atoms with van der Waals surface area (Å²) in [5.41, 5.74) is 0.942. The molecule has 0 aliphatic carbocycles. The number of amides is 1. The number of carbonyl (C=O) groups is 2. The molecule has 1 fully saturated rings. The summed E-state index contributed by atoms with van der Waals surface area (Å²) in [7, 11) is 0. The standard InChI is InChI=1S/C17H24N2O4/c1-2-22-17(21)7-9-19(13-14-5-3-8-18-12-14)16(20)11-15-6-4-10-23-15/h3,5,8,12,15H,2,4,6-7,9-11,13H2,1H3/t15-/m1/s1. The van der Waals surface area contributed by atoms with Crippen LogP contribution in [-0.4, -0.2) is 47.6 Å². The van der Waals surface area contributed by atoms with E-state index in [1.54, 1.807) is 24.2 Å². The summed E-state index contributed by atoms with van der Waals surface area (Å²) in [6, 6.07) is 3.76. The van der Waals surface area contributed by atoms with Crippen molar-refractivity contribution in [2.75, 3.05) is 19.8 Å². The third-order valence-electron chi connectivity index (χ3n) is 3.77. The first-order chi connectivity index (χ1) is 11.2. The van der Waals surface area contributed by atoms with Gasteiger partial charge in [0.05, 0.1) is 25.6 Å². The molecule has 0 radical (unpaired) electrons. The highest BCUT2D eigenvalue weighted by atomic mass is 16.5. The van der Waals surface area contributed by atoms with Crippen LogP contribution in [0.5, 0.6) is 0 Å². The normalized spacial score (nSPS) is 17.0. The lowest BCUT2D eigenvalue weighted by Crippen LogP contribution is -2.35. The number of rotatable bonds is 8. The number of aromatic nitrogens is 1. The van der Waals surface area contributed by atoms with Gasteiger partial charge in [0.15, 0.2) is 0 Å². The molecule has 0 N–H and O–H groups in total. The van der Waals surface area contributed by atoms with Crippen LogP contribution in [0.4, 0.5) is 0 Å². The first kappa shape index (κ1) is 17.4. The van der Waals surface area contributed by atoms with Crippen molar-refractivity contribution >= 4 is 11.9 Å². The van der Waals surface area contributed by atoms with E-state index in [0.29, 0.717) is 26.1 Å². The van der Waals surface area contributed by atoms with Gasteiger partial charge in [0.25, 0.3) is 0 Å². The van der Waals surface area contributed by atoms with Crippen LogP contribution in [0.3, 0.4) is 0 Å². The smallest absolute Gasteiger partial charge is 0.307 e. The van der Waals surface area contributed by atoms with E-state index in [1.165, 1.54) is 0 Å². The van der Waals surface area contributed by atoms with Crippen LogP contribution >= 0.6 is 0 Å². The largest absolute Gasteiger partial charge is 0.466 e. The maximum Gasteiger partial charge on any atom is 0.307 e. The highest BCUT2D eigenvalue weighted by molar-refractivity contribution is 5.77. The van der Waals surface area contributed by atoms with Crippen LogP contribution < -0.4 is 0 Å². The molecule has 1 saturated heterocycles. The van der Waals surface area contributed by atoms with Crippen molar-refractivity contribution in [2.45, 2.75) is 45.3 Å². The molecule has 0 bridgehead atoms. The lowest BCUT2D eigenvalue weighted by Gasteiger charge is -2.23. The SMILES string of the molecule is CCOC(=O)CCN(Cc1cccnc1)C(=O)C[C@H]1CCCO1. The molecule has 1 aromatic rings. The van der Waals surface area contributed by atoms with Gasteiger partial charge in [0, 0.05) is 32.1 Å². The topological polar surface area (TPSA) is 68.7 Å². The van der Waals surface area contributed by atoms with Crippen molar-refractivity contribution in [1.82, 2.24) is 9.88 Å². The highest BCUT2D eigenvalue weighted by Gasteiger charge is 2.23. The lowest BCUT2D eigenvalue weighted by molar-refractivity contribution is -0.144. The number of esters is 1. The number of hydrogen-bond donors (Lipinski definition) is 0. The summed E-state index contributed by atoms with van der Waals surface area (Å²) in [5, 5.41) is 0. The second kappa shape index (κ2) is 9.25. The molecule has 6 nitrogen and oxygen atoms in total. The van der Waals surface area contributed by atoms with Gasteiger partial charge in [-0.05, 0) is 31.4 Å². The van der Waals surface area contributed by atoms with Crippen molar-refractivity contribution in [3.05, 3.63) is 30.1 Å². The molecule has 2 rings (SSSR count). The number of hydrogen-bond acceptors (Lipinski definition) is 5. The first-order valence-corrected chi connectivity index (χ1v) is 8.13. The second-order valence-corrected chi connectivity index (χ2v) is 5.57. The average Bonchev–Trinajstić information content (AvgIpc) is 3.05. The van der Waals surface area contributed by atoms with Crippen LogP contribution in [0.1, 0.15) is 38.2 Å². The molecule has 1 atom stereocenters. The van der Waals surface area contributed by atoms with Gasteiger partial charge in [0.1, 0.15) is 0 Å². The van der Waals surface area contributed by atoms with Crippen LogP contribution in [0.15, 0.2) is 24.5 Å². The zero-order valence-electron chi connectivity index (χ0n) is 13.6. The van der Waals surface area contributed by atoms with Crippen LogP contribution in [0.2, 0.25) is 0 Å². The highest BCUT2D eigenvalue weighted by Crippen LogP contribution is 2.17. The van der Waals surface area contributed by atoms with Gasteiger partial charge in [-0.1, -0.05) is 6.07 Å². The molecule has 1 aliphatic heterocycles. The number of nitrogens with zero attached hydrogens (tertiary/aromatic N) is 2. The minimum absolute atomic E-state index is 0.00138. The van der Waals surface area contributed by atoms with Crippen molar-refractivity contribution in [1.29, 1.82) is 0 Å². The minimum Gasteiger partial charge on any atom is -0.466 e. The zero-order valence-corrected chi connectivity index (χ0v) is 13.6. The third-order valence-corrected chi connectivity index (χ3v) is 3.77. The Morgan fingerprint density at radius 3 is 3.00 bits per heavy atom. The molecular weight excluding hydrogens is 296 g/mol. The predicted octanol–water partition coefficient (Wildman–Crippen LogP) is 1.93. The quantitative estimate of drug-likeness (QED) is 0.685. The summed E-state index contributed by atoms with van der Waals surface area (Å²) in [5.74, 6) is -0.279. The van der Waals surface area contributed by atoms with Crippen molar-refractivity contribution in [2.24, 2.45) is 0 Å². The molecule has 2 heterocycles. The van der Waals surface area contributed by atoms with Gasteiger partial charge < -0.3 is 14.4 Å². The predicted molar refractivity (Wildman–Crippen MR) is 84.5 cm³/mol. The van der Waals surface area contributed by atoms with Crippen molar-refractivity contribution in [3.8, 4) is 0 Å². The third kappa shape index (κ3) is 5.98. The van der Waals surface area contributed by atoms with E-state index in [9.17, 15) is 9.59 Å². The van der Waals surface area contributed by atoms with Gasteiger partial charge in [-0.15, -0.1) is 0 Å². The van der Waals surface area contributed by atoms with Crippen LogP contribution in [0, 0.1) is 0 Å². The summed E-state index contributed by atoms with van der Waals surface area (Å²) >= 11 is 0. The Morgan fingerprint density at radius 2 is 2.35 bits per heavy atom. The van der Waals surface area contributed by atoms with E-state index in [0.717, 1.165) is 25.0 Å². The monoisotopic (exact) mass is 320 g/mol. The lowest BCUT2D eigenvalue weighted by atomic mass is 10.1. The van der Waals surface area contributed by atoms with Crippen LogP contribution in [-0.2, 0) is 25.6 Å². The minimum atomic E-state index is -0.284. The van der Waals surface area contributed by atoms with Crippen LogP contribution in [0.25, 0.3) is 0 Å². The van der Waals surface area contributed by atoms with E-state index in [2.05, 4.69) is 4.98 Å². The van der Waals surface area contributed by atoms with E-state index < -0.39 is 0 Å². The van der Waals surface area contributed by atoms with Gasteiger partial charge >= 0.3 is 5.97 Å². The molecule has 126 valence electrons. The Kier molecular flexibility index (Phi) is 7.00. The molecule has 0 aromatic carbocycles. The first-order valence-electron chi connectivity index (χ1n) is 8.13. The summed E-state index contributed by atoms with van der Waals surface area (Å²) in [6.45, 7) is 3.64. The second-order valence-electron chi connectivity index (χ2n) is 5.57. The van der Waals surface area contributed by atoms with Crippen molar-refractivity contribution in [3.63, 3.8) is 0 Å². The van der Waals surface area contributed by atoms with E-state index >= 15 is 0 Å². The molecule has 6 heteroatoms. The summed E-state index contributed by atoms with van der Waals surface area (Å²) in [6.07, 6.45) is 5.92. The molecule has 1 amide bonds. The molecule has 0 saturated carbocycles. The Morgan fingerprint density at radius 1 is 1.48 bits per heavy atom. The fourth-order valence-electron chi connectivity index (χ4n) is 2.59. The molecule has 1 aromatic heterocycles. The number of ether oxygens (including phenoxy) is 2. The Balaban J connectivity index is 1.94. The summed E-state index contributed by atoms with van der Waals surface area (Å²) in [4.78, 5) is 29.9. The van der Waals surface area contributed by atoms with Crippen molar-refractivity contribution < 1.29 is 19.1 Å². The van der Waals surface area contributed by atoms with Gasteiger partial charge in [-0.3, -0.25) is 14.6 Å². The average molecular weight is 320 g/mol. The Hall–Kier alpha value is -1.95. The molecular formula is C17H24N2O4.